The Morgan fingerprint density at radius 2 is 2.05 bits per heavy atom. The first-order valence-electron chi connectivity index (χ1n) is 6.13. The van der Waals surface area contributed by atoms with E-state index >= 15 is 0 Å². The molecule has 0 saturated carbocycles. The van der Waals surface area contributed by atoms with Gasteiger partial charge >= 0.3 is 0 Å². The highest BCUT2D eigenvalue weighted by atomic mass is 32.1. The number of fused-ring (bicyclic) bond motifs is 1. The molecule has 21 heavy (non-hydrogen) atoms. The zero-order valence-electron chi connectivity index (χ0n) is 11.0. The minimum atomic E-state index is -0.686. The van der Waals surface area contributed by atoms with E-state index in [1.54, 1.807) is 17.5 Å². The first-order chi connectivity index (χ1) is 10.1. The lowest BCUT2D eigenvalue weighted by Crippen LogP contribution is -2.26. The molecule has 0 saturated heterocycles. The van der Waals surface area contributed by atoms with Crippen LogP contribution in [0, 0.1) is 6.92 Å². The molecule has 2 aromatic heterocycles. The Balaban J connectivity index is 2.01. The van der Waals surface area contributed by atoms with Crippen molar-refractivity contribution in [2.45, 2.75) is 6.92 Å². The number of hydrogen-bond donors (Lipinski definition) is 2. The van der Waals surface area contributed by atoms with Crippen LogP contribution in [0.15, 0.2) is 40.6 Å². The van der Waals surface area contributed by atoms with Gasteiger partial charge in [0.25, 0.3) is 11.5 Å². The number of rotatable bonds is 2. The Labute approximate surface area is 123 Å². The molecule has 3 aromatic rings. The van der Waals surface area contributed by atoms with Gasteiger partial charge in [0.2, 0.25) is 5.88 Å². The summed E-state index contributed by atoms with van der Waals surface area (Å²) >= 11 is 1.20. The average Bonchev–Trinajstić information content (AvgIpc) is 2.90. The molecule has 6 nitrogen and oxygen atoms in total. The van der Waals surface area contributed by atoms with Crippen LogP contribution in [0.2, 0.25) is 0 Å². The number of amides is 1. The van der Waals surface area contributed by atoms with Crippen LogP contribution >= 0.6 is 11.3 Å². The summed E-state index contributed by atoms with van der Waals surface area (Å²) in [4.78, 5) is 28.6. The van der Waals surface area contributed by atoms with Crippen molar-refractivity contribution in [2.75, 3.05) is 5.32 Å². The maximum Gasteiger partial charge on any atom is 0.275 e. The van der Waals surface area contributed by atoms with Gasteiger partial charge in [-0.25, -0.2) is 0 Å². The van der Waals surface area contributed by atoms with Gasteiger partial charge in [-0.15, -0.1) is 11.3 Å². The quantitative estimate of drug-likeness (QED) is 0.758. The maximum absolute atomic E-state index is 12.2. The van der Waals surface area contributed by atoms with Gasteiger partial charge in [0.15, 0.2) is 10.5 Å². The molecule has 1 amide bonds. The number of nitrogens with zero attached hydrogens (tertiary/aromatic N) is 2. The van der Waals surface area contributed by atoms with Crippen molar-refractivity contribution in [3.8, 4) is 5.88 Å². The summed E-state index contributed by atoms with van der Waals surface area (Å²) in [5.74, 6) is -1.25. The van der Waals surface area contributed by atoms with Crippen LogP contribution in [-0.2, 0) is 0 Å². The van der Waals surface area contributed by atoms with Crippen molar-refractivity contribution in [3.63, 3.8) is 0 Å². The number of carbonyl (C=O) groups excluding carboxylic acids is 1. The molecule has 0 aliphatic rings. The highest BCUT2D eigenvalue weighted by Crippen LogP contribution is 2.16. The molecule has 106 valence electrons. The number of aromatic nitrogens is 2. The van der Waals surface area contributed by atoms with Gasteiger partial charge in [0.05, 0.1) is 0 Å². The van der Waals surface area contributed by atoms with Crippen LogP contribution in [0.25, 0.3) is 4.96 Å². The van der Waals surface area contributed by atoms with Crippen molar-refractivity contribution in [1.82, 2.24) is 9.38 Å². The van der Waals surface area contributed by atoms with E-state index in [0.717, 1.165) is 5.56 Å². The zero-order valence-corrected chi connectivity index (χ0v) is 11.8. The van der Waals surface area contributed by atoms with E-state index < -0.39 is 17.3 Å². The maximum atomic E-state index is 12.2. The lowest BCUT2D eigenvalue weighted by atomic mass is 10.2. The smallest absolute Gasteiger partial charge is 0.275 e. The zero-order chi connectivity index (χ0) is 15.0. The van der Waals surface area contributed by atoms with E-state index in [1.165, 1.54) is 21.9 Å². The number of thiazole rings is 1. The highest BCUT2D eigenvalue weighted by molar-refractivity contribution is 7.15. The van der Waals surface area contributed by atoms with Gasteiger partial charge in [0, 0.05) is 17.3 Å². The molecule has 0 bridgehead atoms. The molecular weight excluding hydrogens is 290 g/mol. The Morgan fingerprint density at radius 3 is 2.76 bits per heavy atom. The van der Waals surface area contributed by atoms with E-state index in [0.29, 0.717) is 10.6 Å². The van der Waals surface area contributed by atoms with E-state index in [2.05, 4.69) is 10.3 Å². The predicted molar refractivity (Wildman–Crippen MR) is 80.1 cm³/mol. The summed E-state index contributed by atoms with van der Waals surface area (Å²) in [6, 6.07) is 7.11. The normalized spacial score (nSPS) is 10.7. The SMILES string of the molecule is Cc1ccc(NC(=O)c2c(O)nc3sccn3c2=O)cc1. The molecule has 2 N–H and O–H groups in total. The van der Waals surface area contributed by atoms with Gasteiger partial charge < -0.3 is 10.4 Å². The van der Waals surface area contributed by atoms with Crippen LogP contribution in [0.1, 0.15) is 15.9 Å². The Hall–Kier alpha value is -2.67. The van der Waals surface area contributed by atoms with Gasteiger partial charge in [-0.2, -0.15) is 4.98 Å². The van der Waals surface area contributed by atoms with Crippen molar-refractivity contribution in [3.05, 3.63) is 57.3 Å². The molecule has 1 aromatic carbocycles. The van der Waals surface area contributed by atoms with Crippen LogP contribution in [0.4, 0.5) is 5.69 Å². The van der Waals surface area contributed by atoms with E-state index in [1.807, 2.05) is 19.1 Å². The van der Waals surface area contributed by atoms with E-state index in [9.17, 15) is 14.7 Å². The third kappa shape index (κ3) is 2.38. The van der Waals surface area contributed by atoms with Crippen LogP contribution in [-0.4, -0.2) is 20.4 Å². The van der Waals surface area contributed by atoms with Crippen molar-refractivity contribution in [1.29, 1.82) is 0 Å². The largest absolute Gasteiger partial charge is 0.492 e. The molecular formula is C14H11N3O3S. The fourth-order valence-electron chi connectivity index (χ4n) is 1.90. The second kappa shape index (κ2) is 5.02. The number of hydrogen-bond acceptors (Lipinski definition) is 5. The minimum Gasteiger partial charge on any atom is -0.492 e. The van der Waals surface area contributed by atoms with Crippen molar-refractivity contribution in [2.24, 2.45) is 0 Å². The van der Waals surface area contributed by atoms with Gasteiger partial charge in [0.1, 0.15) is 0 Å². The number of aromatic hydroxyl groups is 1. The second-order valence-corrected chi connectivity index (χ2v) is 5.36. The Kier molecular flexibility index (Phi) is 3.19. The van der Waals surface area contributed by atoms with E-state index in [-0.39, 0.29) is 5.56 Å². The standard InChI is InChI=1S/C14H11N3O3S/c1-8-2-4-9(5-3-8)15-11(18)10-12(19)16-14-17(13(10)20)6-7-21-14/h2-7,19H,1H3,(H,15,18). The molecule has 0 aliphatic heterocycles. The third-order valence-electron chi connectivity index (χ3n) is 2.98. The summed E-state index contributed by atoms with van der Waals surface area (Å²) in [5.41, 5.74) is 0.631. The van der Waals surface area contributed by atoms with Gasteiger partial charge in [-0.3, -0.25) is 14.0 Å². The molecule has 0 radical (unpaired) electrons. The summed E-state index contributed by atoms with van der Waals surface area (Å²) < 4.78 is 1.23. The second-order valence-electron chi connectivity index (χ2n) is 4.49. The molecule has 0 spiro atoms. The van der Waals surface area contributed by atoms with Crippen LogP contribution in [0.5, 0.6) is 5.88 Å². The van der Waals surface area contributed by atoms with Crippen molar-refractivity contribution >= 4 is 27.9 Å². The van der Waals surface area contributed by atoms with Gasteiger partial charge in [-0.1, -0.05) is 17.7 Å². The number of benzene rings is 1. The molecule has 2 heterocycles. The molecule has 0 unspecified atom stereocenters. The monoisotopic (exact) mass is 301 g/mol. The number of aryl methyl sites for hydroxylation is 1. The Morgan fingerprint density at radius 1 is 1.33 bits per heavy atom. The van der Waals surface area contributed by atoms with Crippen molar-refractivity contribution < 1.29 is 9.90 Å². The molecule has 0 aliphatic carbocycles. The lowest BCUT2D eigenvalue weighted by Gasteiger charge is -2.06. The predicted octanol–water partition coefficient (Wildman–Crippen LogP) is 2.02. The fraction of sp³-hybridized carbons (Fsp3) is 0.0714. The summed E-state index contributed by atoms with van der Waals surface area (Å²) in [6.07, 6.45) is 1.51. The van der Waals surface area contributed by atoms with E-state index in [4.69, 9.17) is 0 Å². The molecule has 7 heteroatoms. The Bertz CT molecular complexity index is 881. The fourth-order valence-corrected chi connectivity index (χ4v) is 2.60. The van der Waals surface area contributed by atoms with Crippen LogP contribution < -0.4 is 10.9 Å². The topological polar surface area (TPSA) is 83.7 Å². The van der Waals surface area contributed by atoms with Gasteiger partial charge in [-0.05, 0) is 19.1 Å². The summed E-state index contributed by atoms with van der Waals surface area (Å²) in [5, 5.41) is 14.1. The lowest BCUT2D eigenvalue weighted by molar-refractivity contribution is 0.102. The summed E-state index contributed by atoms with van der Waals surface area (Å²) in [7, 11) is 0. The first kappa shape index (κ1) is 13.3. The number of anilines is 1. The highest BCUT2D eigenvalue weighted by Gasteiger charge is 2.20. The third-order valence-corrected chi connectivity index (χ3v) is 3.74. The molecule has 0 atom stereocenters. The number of nitrogens with one attached hydrogen (secondary N) is 1. The van der Waals surface area contributed by atoms with Crippen LogP contribution in [0.3, 0.4) is 0 Å². The number of carbonyl (C=O) groups is 1. The minimum absolute atomic E-state index is 0.337. The molecule has 3 rings (SSSR count). The summed E-state index contributed by atoms with van der Waals surface area (Å²) in [6.45, 7) is 1.93. The molecule has 0 fully saturated rings. The average molecular weight is 301 g/mol. The first-order valence-corrected chi connectivity index (χ1v) is 7.01.